The van der Waals surface area contributed by atoms with E-state index < -0.39 is 30.5 Å². The van der Waals surface area contributed by atoms with Crippen LogP contribution in [0, 0.1) is 5.82 Å². The SMILES string of the molecule is COc1cc(C(O)O)c(F)cc1Nc1ncc2c(n1)N(C1CCCC1)CC(F)(F)C(=O)N2C. The third-order valence-corrected chi connectivity index (χ3v) is 5.98. The molecule has 0 unspecified atom stereocenters. The van der Waals surface area contributed by atoms with E-state index in [-0.39, 0.29) is 40.5 Å². The van der Waals surface area contributed by atoms with Crippen LogP contribution in [-0.4, -0.2) is 58.8 Å². The number of halogens is 3. The second-order valence-corrected chi connectivity index (χ2v) is 8.11. The number of benzene rings is 1. The standard InChI is InChI=1S/C21H24F3N5O4/c1-28-15-9-25-20(26-14-8-13(22)12(18(30)31)7-16(14)33-2)27-17(15)29(11-5-3-4-6-11)10-21(23,24)19(28)32/h7-9,11,18,30-31H,3-6,10H2,1-2H3,(H,25,26,27). The number of nitrogens with one attached hydrogen (secondary N) is 1. The fourth-order valence-corrected chi connectivity index (χ4v) is 4.26. The Morgan fingerprint density at radius 3 is 2.61 bits per heavy atom. The van der Waals surface area contributed by atoms with Gasteiger partial charge in [0.25, 0.3) is 5.91 Å². The van der Waals surface area contributed by atoms with Crippen LogP contribution in [0.15, 0.2) is 18.3 Å². The zero-order chi connectivity index (χ0) is 23.9. The van der Waals surface area contributed by atoms with Crippen molar-refractivity contribution < 1.29 is 32.9 Å². The molecule has 1 saturated carbocycles. The molecule has 1 aliphatic heterocycles. The summed E-state index contributed by atoms with van der Waals surface area (Å²) >= 11 is 0. The Balaban J connectivity index is 1.75. The summed E-state index contributed by atoms with van der Waals surface area (Å²) in [6.45, 7) is -0.800. The predicted molar refractivity (Wildman–Crippen MR) is 113 cm³/mol. The third kappa shape index (κ3) is 4.27. The lowest BCUT2D eigenvalue weighted by Crippen LogP contribution is -2.48. The molecule has 2 heterocycles. The first-order chi connectivity index (χ1) is 15.6. The largest absolute Gasteiger partial charge is 0.495 e. The van der Waals surface area contributed by atoms with Crippen LogP contribution in [-0.2, 0) is 4.79 Å². The Hall–Kier alpha value is -3.12. The molecule has 4 rings (SSSR count). The maximum Gasteiger partial charge on any atom is 0.342 e. The van der Waals surface area contributed by atoms with Crippen LogP contribution < -0.4 is 19.9 Å². The smallest absolute Gasteiger partial charge is 0.342 e. The molecule has 2 aliphatic rings. The number of fused-ring (bicyclic) bond motifs is 1. The van der Waals surface area contributed by atoms with Gasteiger partial charge in [0.05, 0.1) is 25.5 Å². The topological polar surface area (TPSA) is 111 Å². The number of methoxy groups -OCH3 is 1. The van der Waals surface area contributed by atoms with Crippen molar-refractivity contribution in [3.8, 4) is 5.75 Å². The number of amides is 1. The molecule has 1 fully saturated rings. The molecule has 12 heteroatoms. The Morgan fingerprint density at radius 1 is 1.27 bits per heavy atom. The molecule has 0 radical (unpaired) electrons. The first kappa shape index (κ1) is 23.1. The van der Waals surface area contributed by atoms with Gasteiger partial charge in [-0.15, -0.1) is 0 Å². The van der Waals surface area contributed by atoms with Crippen LogP contribution in [0.4, 0.5) is 36.3 Å². The molecule has 1 aromatic carbocycles. The average Bonchev–Trinajstić information content (AvgIpc) is 3.29. The van der Waals surface area contributed by atoms with Crippen LogP contribution in [0.1, 0.15) is 37.5 Å². The molecule has 3 N–H and O–H groups in total. The average molecular weight is 467 g/mol. The number of rotatable bonds is 5. The molecular weight excluding hydrogens is 443 g/mol. The van der Waals surface area contributed by atoms with Crippen LogP contribution >= 0.6 is 0 Å². The van der Waals surface area contributed by atoms with Crippen molar-refractivity contribution in [2.45, 2.75) is 43.9 Å². The normalized spacial score (nSPS) is 18.5. The van der Waals surface area contributed by atoms with Gasteiger partial charge in [0.15, 0.2) is 12.1 Å². The molecule has 0 saturated heterocycles. The second kappa shape index (κ2) is 8.67. The number of anilines is 4. The summed E-state index contributed by atoms with van der Waals surface area (Å²) in [5.41, 5.74) is -0.142. The molecule has 0 bridgehead atoms. The minimum absolute atomic E-state index is 0.0298. The van der Waals surface area contributed by atoms with Gasteiger partial charge in [0, 0.05) is 24.7 Å². The fraction of sp³-hybridized carbons (Fsp3) is 0.476. The summed E-state index contributed by atoms with van der Waals surface area (Å²) in [6, 6.07) is 1.90. The lowest BCUT2D eigenvalue weighted by Gasteiger charge is -2.31. The number of aliphatic hydroxyl groups is 2. The van der Waals surface area contributed by atoms with Gasteiger partial charge in [-0.2, -0.15) is 13.8 Å². The summed E-state index contributed by atoms with van der Waals surface area (Å²) < 4.78 is 48.8. The predicted octanol–water partition coefficient (Wildman–Crippen LogP) is 2.71. The van der Waals surface area contributed by atoms with Crippen LogP contribution in [0.25, 0.3) is 0 Å². The Kier molecular flexibility index (Phi) is 6.06. The first-order valence-electron chi connectivity index (χ1n) is 10.4. The lowest BCUT2D eigenvalue weighted by molar-refractivity contribution is -0.140. The van der Waals surface area contributed by atoms with E-state index in [1.807, 2.05) is 0 Å². The summed E-state index contributed by atoms with van der Waals surface area (Å²) in [7, 11) is 2.56. The van der Waals surface area contributed by atoms with Gasteiger partial charge >= 0.3 is 5.92 Å². The number of hydrogen-bond donors (Lipinski definition) is 3. The molecule has 0 spiro atoms. The summed E-state index contributed by atoms with van der Waals surface area (Å²) in [6.07, 6.45) is 2.41. The van der Waals surface area contributed by atoms with Crippen molar-refractivity contribution in [3.63, 3.8) is 0 Å². The van der Waals surface area contributed by atoms with Crippen molar-refractivity contribution >= 4 is 29.0 Å². The van der Waals surface area contributed by atoms with E-state index in [0.717, 1.165) is 29.9 Å². The maximum absolute atomic E-state index is 14.7. The second-order valence-electron chi connectivity index (χ2n) is 8.11. The Bertz CT molecular complexity index is 1060. The molecule has 1 amide bonds. The summed E-state index contributed by atoms with van der Waals surface area (Å²) in [5.74, 6) is -5.61. The van der Waals surface area contributed by atoms with Gasteiger partial charge in [-0.1, -0.05) is 12.8 Å². The molecule has 2 aromatic rings. The minimum atomic E-state index is -3.60. The highest BCUT2D eigenvalue weighted by Gasteiger charge is 2.48. The molecule has 178 valence electrons. The highest BCUT2D eigenvalue weighted by atomic mass is 19.3. The van der Waals surface area contributed by atoms with Crippen LogP contribution in [0.2, 0.25) is 0 Å². The number of nitrogens with zero attached hydrogens (tertiary/aromatic N) is 4. The lowest BCUT2D eigenvalue weighted by atomic mass is 10.1. The van der Waals surface area contributed by atoms with E-state index in [4.69, 9.17) is 4.74 Å². The Morgan fingerprint density at radius 2 is 1.97 bits per heavy atom. The third-order valence-electron chi connectivity index (χ3n) is 5.98. The van der Waals surface area contributed by atoms with Crippen molar-refractivity contribution in [3.05, 3.63) is 29.7 Å². The van der Waals surface area contributed by atoms with Gasteiger partial charge < -0.3 is 30.1 Å². The fourth-order valence-electron chi connectivity index (χ4n) is 4.26. The number of hydrogen-bond acceptors (Lipinski definition) is 8. The monoisotopic (exact) mass is 467 g/mol. The van der Waals surface area contributed by atoms with E-state index >= 15 is 0 Å². The molecule has 33 heavy (non-hydrogen) atoms. The molecule has 0 atom stereocenters. The van der Waals surface area contributed by atoms with Crippen LogP contribution in [0.5, 0.6) is 5.75 Å². The van der Waals surface area contributed by atoms with Gasteiger partial charge in [-0.3, -0.25) is 4.79 Å². The van der Waals surface area contributed by atoms with Gasteiger partial charge in [-0.25, -0.2) is 9.37 Å². The number of aromatic nitrogens is 2. The van der Waals surface area contributed by atoms with Gasteiger partial charge in [0.2, 0.25) is 5.95 Å². The van der Waals surface area contributed by atoms with E-state index in [1.165, 1.54) is 25.3 Å². The van der Waals surface area contributed by atoms with E-state index in [2.05, 4.69) is 15.3 Å². The number of alkyl halides is 2. The van der Waals surface area contributed by atoms with E-state index in [9.17, 15) is 28.2 Å². The first-order valence-corrected chi connectivity index (χ1v) is 10.4. The van der Waals surface area contributed by atoms with Crippen molar-refractivity contribution in [1.82, 2.24) is 9.97 Å². The zero-order valence-corrected chi connectivity index (χ0v) is 18.1. The Labute approximate surface area is 187 Å². The molecule has 1 aromatic heterocycles. The highest BCUT2D eigenvalue weighted by Crippen LogP contribution is 2.40. The molecule has 9 nitrogen and oxygen atoms in total. The van der Waals surface area contributed by atoms with Gasteiger partial charge in [-0.05, 0) is 18.9 Å². The molecule has 1 aliphatic carbocycles. The maximum atomic E-state index is 14.7. The van der Waals surface area contributed by atoms with Crippen molar-refractivity contribution in [2.75, 3.05) is 35.8 Å². The van der Waals surface area contributed by atoms with Crippen molar-refractivity contribution in [1.29, 1.82) is 0 Å². The number of aliphatic hydroxyl groups excluding tert-OH is 1. The van der Waals surface area contributed by atoms with Crippen molar-refractivity contribution in [2.24, 2.45) is 0 Å². The number of ether oxygens (including phenoxy) is 1. The summed E-state index contributed by atoms with van der Waals surface area (Å²) in [5, 5.41) is 21.4. The number of carbonyl (C=O) groups excluding carboxylic acids is 1. The molecular formula is C21H24F3N5O4. The number of carbonyl (C=O) groups is 1. The highest BCUT2D eigenvalue weighted by molar-refractivity contribution is 6.02. The minimum Gasteiger partial charge on any atom is -0.495 e. The summed E-state index contributed by atoms with van der Waals surface area (Å²) in [4.78, 5) is 23.2. The van der Waals surface area contributed by atoms with E-state index in [1.54, 1.807) is 0 Å². The van der Waals surface area contributed by atoms with Gasteiger partial charge in [0.1, 0.15) is 17.3 Å². The zero-order valence-electron chi connectivity index (χ0n) is 18.1. The quantitative estimate of drug-likeness (QED) is 0.576. The van der Waals surface area contributed by atoms with Crippen LogP contribution in [0.3, 0.4) is 0 Å². The van der Waals surface area contributed by atoms with E-state index in [0.29, 0.717) is 12.8 Å².